The highest BCUT2D eigenvalue weighted by Gasteiger charge is 2.14. The molecule has 92 valence electrons. The van der Waals surface area contributed by atoms with Crippen molar-refractivity contribution in [3.05, 3.63) is 52.4 Å². The normalized spacial score (nSPS) is 10.1. The molecule has 0 aliphatic heterocycles. The third-order valence-corrected chi connectivity index (χ3v) is 2.71. The van der Waals surface area contributed by atoms with E-state index in [0.717, 1.165) is 12.1 Å². The number of aromatic nitrogens is 1. The number of rotatable bonds is 3. The fourth-order valence-electron chi connectivity index (χ4n) is 1.31. The van der Waals surface area contributed by atoms with Crippen molar-refractivity contribution >= 4 is 21.9 Å². The minimum Gasteiger partial charge on any atom is -0.478 e. The molecule has 18 heavy (non-hydrogen) atoms. The number of aromatic carboxylic acids is 1. The van der Waals surface area contributed by atoms with Gasteiger partial charge in [-0.3, -0.25) is 0 Å². The lowest BCUT2D eigenvalue weighted by molar-refractivity contribution is 0.0693. The van der Waals surface area contributed by atoms with E-state index in [9.17, 15) is 9.18 Å². The number of hydrogen-bond donors (Lipinski definition) is 1. The number of carbonyl (C=O) groups is 1. The summed E-state index contributed by atoms with van der Waals surface area (Å²) in [5, 5.41) is 8.96. The van der Waals surface area contributed by atoms with Crippen LogP contribution in [-0.4, -0.2) is 16.1 Å². The number of pyridine rings is 1. The Balaban J connectivity index is 2.41. The molecule has 0 radical (unpaired) electrons. The molecule has 1 aromatic carbocycles. The van der Waals surface area contributed by atoms with Crippen LogP contribution in [0.3, 0.4) is 0 Å². The van der Waals surface area contributed by atoms with E-state index in [2.05, 4.69) is 20.9 Å². The molecule has 6 heteroatoms. The lowest BCUT2D eigenvalue weighted by Gasteiger charge is -2.08. The molecule has 4 nitrogen and oxygen atoms in total. The van der Waals surface area contributed by atoms with Crippen LogP contribution in [0.4, 0.5) is 4.39 Å². The van der Waals surface area contributed by atoms with Gasteiger partial charge in [-0.1, -0.05) is 0 Å². The maximum atomic E-state index is 13.0. The first-order valence-electron chi connectivity index (χ1n) is 4.89. The summed E-state index contributed by atoms with van der Waals surface area (Å²) in [5.41, 5.74) is -0.257. The highest BCUT2D eigenvalue weighted by molar-refractivity contribution is 9.10. The molecular weight excluding hydrogens is 305 g/mol. The predicted octanol–water partition coefficient (Wildman–Crippen LogP) is 3.47. The first-order chi connectivity index (χ1) is 8.58. The molecule has 0 spiro atoms. The van der Waals surface area contributed by atoms with Crippen molar-refractivity contribution in [2.24, 2.45) is 0 Å². The van der Waals surface area contributed by atoms with Crippen molar-refractivity contribution in [1.29, 1.82) is 0 Å². The Morgan fingerprint density at radius 1 is 1.39 bits per heavy atom. The third kappa shape index (κ3) is 2.65. The van der Waals surface area contributed by atoms with Gasteiger partial charge in [0.15, 0.2) is 0 Å². The SMILES string of the molecule is O=C(O)c1cc(F)ccc1Oc1ncccc1Br. The molecule has 1 N–H and O–H groups in total. The van der Waals surface area contributed by atoms with Crippen LogP contribution in [0.25, 0.3) is 0 Å². The number of benzene rings is 1. The summed E-state index contributed by atoms with van der Waals surface area (Å²) < 4.78 is 18.9. The largest absolute Gasteiger partial charge is 0.478 e. The Morgan fingerprint density at radius 3 is 2.83 bits per heavy atom. The van der Waals surface area contributed by atoms with Crippen molar-refractivity contribution in [2.75, 3.05) is 0 Å². The summed E-state index contributed by atoms with van der Waals surface area (Å²) in [5.74, 6) is -1.66. The van der Waals surface area contributed by atoms with E-state index < -0.39 is 11.8 Å². The Kier molecular flexibility index (Phi) is 3.57. The molecule has 0 aliphatic carbocycles. The average Bonchev–Trinajstić information content (AvgIpc) is 2.34. The van der Waals surface area contributed by atoms with E-state index in [0.29, 0.717) is 4.47 Å². The third-order valence-electron chi connectivity index (χ3n) is 2.10. The van der Waals surface area contributed by atoms with E-state index in [1.54, 1.807) is 12.1 Å². The molecule has 0 saturated heterocycles. The van der Waals surface area contributed by atoms with Crippen LogP contribution in [-0.2, 0) is 0 Å². The standard InChI is InChI=1S/C12H7BrFNO3/c13-9-2-1-5-15-11(9)18-10-4-3-7(14)6-8(10)12(16)17/h1-6H,(H,16,17). The number of halogens is 2. The van der Waals surface area contributed by atoms with E-state index in [1.165, 1.54) is 12.3 Å². The molecular formula is C12H7BrFNO3. The number of carboxylic acids is 1. The number of carboxylic acid groups (broad SMARTS) is 1. The van der Waals surface area contributed by atoms with E-state index in [1.807, 2.05) is 0 Å². The van der Waals surface area contributed by atoms with Gasteiger partial charge in [-0.15, -0.1) is 0 Å². The van der Waals surface area contributed by atoms with Gasteiger partial charge in [0.05, 0.1) is 4.47 Å². The zero-order valence-electron chi connectivity index (χ0n) is 8.93. The highest BCUT2D eigenvalue weighted by Crippen LogP contribution is 2.29. The van der Waals surface area contributed by atoms with E-state index >= 15 is 0 Å². The second-order valence-electron chi connectivity index (χ2n) is 3.34. The van der Waals surface area contributed by atoms with Crippen LogP contribution in [0.2, 0.25) is 0 Å². The molecule has 0 amide bonds. The van der Waals surface area contributed by atoms with Gasteiger partial charge in [0.1, 0.15) is 17.1 Å². The van der Waals surface area contributed by atoms with Gasteiger partial charge in [0.2, 0.25) is 5.88 Å². The summed E-state index contributed by atoms with van der Waals surface area (Å²) >= 11 is 3.22. The topological polar surface area (TPSA) is 59.4 Å². The lowest BCUT2D eigenvalue weighted by Crippen LogP contribution is -2.01. The first kappa shape index (κ1) is 12.5. The zero-order chi connectivity index (χ0) is 13.1. The van der Waals surface area contributed by atoms with Crippen LogP contribution < -0.4 is 4.74 Å². The lowest BCUT2D eigenvalue weighted by atomic mass is 10.2. The van der Waals surface area contributed by atoms with Gasteiger partial charge >= 0.3 is 5.97 Å². The maximum Gasteiger partial charge on any atom is 0.339 e. The fraction of sp³-hybridized carbons (Fsp3) is 0. The Labute approximate surface area is 110 Å². The van der Waals surface area contributed by atoms with Gasteiger partial charge in [-0.05, 0) is 46.3 Å². The van der Waals surface area contributed by atoms with Crippen LogP contribution in [0.15, 0.2) is 41.0 Å². The van der Waals surface area contributed by atoms with E-state index in [-0.39, 0.29) is 17.2 Å². The molecule has 2 aromatic rings. The second-order valence-corrected chi connectivity index (χ2v) is 4.19. The quantitative estimate of drug-likeness (QED) is 0.943. The van der Waals surface area contributed by atoms with Crippen molar-refractivity contribution in [3.8, 4) is 11.6 Å². The predicted molar refractivity (Wildman–Crippen MR) is 65.4 cm³/mol. The Hall–Kier alpha value is -1.95. The fourth-order valence-corrected chi connectivity index (χ4v) is 1.64. The number of hydrogen-bond acceptors (Lipinski definition) is 3. The highest BCUT2D eigenvalue weighted by atomic mass is 79.9. The van der Waals surface area contributed by atoms with E-state index in [4.69, 9.17) is 9.84 Å². The van der Waals surface area contributed by atoms with Crippen LogP contribution in [0, 0.1) is 5.82 Å². The molecule has 1 heterocycles. The molecule has 2 rings (SSSR count). The first-order valence-corrected chi connectivity index (χ1v) is 5.68. The zero-order valence-corrected chi connectivity index (χ0v) is 10.5. The molecule has 0 fully saturated rings. The average molecular weight is 312 g/mol. The summed E-state index contributed by atoms with van der Waals surface area (Å²) in [4.78, 5) is 14.9. The van der Waals surface area contributed by atoms with Crippen molar-refractivity contribution < 1.29 is 19.0 Å². The number of nitrogens with zero attached hydrogens (tertiary/aromatic N) is 1. The van der Waals surface area contributed by atoms with Crippen LogP contribution in [0.1, 0.15) is 10.4 Å². The van der Waals surface area contributed by atoms with Crippen molar-refractivity contribution in [3.63, 3.8) is 0 Å². The van der Waals surface area contributed by atoms with Crippen LogP contribution >= 0.6 is 15.9 Å². The molecule has 0 aliphatic rings. The second kappa shape index (κ2) is 5.14. The Morgan fingerprint density at radius 2 is 2.17 bits per heavy atom. The minimum absolute atomic E-state index is 0.0308. The van der Waals surface area contributed by atoms with Gasteiger partial charge < -0.3 is 9.84 Å². The molecule has 0 saturated carbocycles. The van der Waals surface area contributed by atoms with Gasteiger partial charge in [-0.25, -0.2) is 14.2 Å². The van der Waals surface area contributed by atoms with Crippen molar-refractivity contribution in [1.82, 2.24) is 4.98 Å². The smallest absolute Gasteiger partial charge is 0.339 e. The Bertz CT molecular complexity index is 604. The summed E-state index contributed by atoms with van der Waals surface area (Å²) in [7, 11) is 0. The summed E-state index contributed by atoms with van der Waals surface area (Å²) in [6.45, 7) is 0. The number of ether oxygens (including phenoxy) is 1. The minimum atomic E-state index is -1.27. The molecule has 0 atom stereocenters. The van der Waals surface area contributed by atoms with Gasteiger partial charge in [0.25, 0.3) is 0 Å². The molecule has 0 bridgehead atoms. The molecule has 1 aromatic heterocycles. The molecule has 0 unspecified atom stereocenters. The summed E-state index contributed by atoms with van der Waals surface area (Å²) in [6, 6.07) is 6.67. The van der Waals surface area contributed by atoms with Crippen molar-refractivity contribution in [2.45, 2.75) is 0 Å². The monoisotopic (exact) mass is 311 g/mol. The summed E-state index contributed by atoms with van der Waals surface area (Å²) in [6.07, 6.45) is 1.50. The van der Waals surface area contributed by atoms with Gasteiger partial charge in [-0.2, -0.15) is 0 Å². The maximum absolute atomic E-state index is 13.0. The van der Waals surface area contributed by atoms with Crippen LogP contribution in [0.5, 0.6) is 11.6 Å². The van der Waals surface area contributed by atoms with Gasteiger partial charge in [0, 0.05) is 6.20 Å².